The molecule has 1 aromatic rings. The maximum Gasteiger partial charge on any atom is 0.225 e. The Bertz CT molecular complexity index is 409. The Kier molecular flexibility index (Phi) is 5.00. The molecule has 0 saturated carbocycles. The van der Waals surface area contributed by atoms with Gasteiger partial charge in [-0.1, -0.05) is 0 Å². The second-order valence-electron chi connectivity index (χ2n) is 6.06. The fourth-order valence-corrected chi connectivity index (χ4v) is 3.09. The van der Waals surface area contributed by atoms with Gasteiger partial charge in [-0.2, -0.15) is 0 Å². The van der Waals surface area contributed by atoms with Crippen LogP contribution in [0.15, 0.2) is 18.5 Å². The minimum Gasteiger partial charge on any atom is -0.338 e. The highest BCUT2D eigenvalue weighted by Crippen LogP contribution is 2.11. The second-order valence-corrected chi connectivity index (χ2v) is 6.06. The summed E-state index contributed by atoms with van der Waals surface area (Å²) in [6.07, 6.45) is 5.93. The first-order valence-corrected chi connectivity index (χ1v) is 8.03. The first-order valence-electron chi connectivity index (χ1n) is 8.03. The number of nitrogens with two attached hydrogens (primary N) is 1. The van der Waals surface area contributed by atoms with Gasteiger partial charge in [0, 0.05) is 57.7 Å². The Hall–Kier alpha value is -1.24. The first-order chi connectivity index (χ1) is 10.3. The van der Waals surface area contributed by atoms with Crippen LogP contribution in [0.4, 0.5) is 5.95 Å². The highest BCUT2D eigenvalue weighted by molar-refractivity contribution is 5.29. The fraction of sp³-hybridized carbons (Fsp3) is 0.733. The van der Waals surface area contributed by atoms with E-state index in [2.05, 4.69) is 24.7 Å². The molecule has 2 aliphatic heterocycles. The van der Waals surface area contributed by atoms with Crippen LogP contribution in [0.25, 0.3) is 0 Å². The molecule has 0 spiro atoms. The van der Waals surface area contributed by atoms with Gasteiger partial charge in [0.05, 0.1) is 0 Å². The molecule has 2 N–H and O–H groups in total. The Morgan fingerprint density at radius 3 is 2.10 bits per heavy atom. The quantitative estimate of drug-likeness (QED) is 0.844. The van der Waals surface area contributed by atoms with Gasteiger partial charge in [-0.15, -0.1) is 0 Å². The number of hydrogen-bond acceptors (Lipinski definition) is 6. The van der Waals surface area contributed by atoms with Crippen molar-refractivity contribution in [3.63, 3.8) is 0 Å². The number of anilines is 1. The standard InChI is InChI=1S/C15H26N6/c16-14-2-6-19(7-3-14)8-9-20-10-12-21(13-11-20)15-17-4-1-5-18-15/h1,4-5,14H,2-3,6-13,16H2. The Labute approximate surface area is 126 Å². The third-order valence-corrected chi connectivity index (χ3v) is 4.57. The molecule has 116 valence electrons. The molecule has 0 aliphatic carbocycles. The molecule has 0 bridgehead atoms. The maximum absolute atomic E-state index is 5.95. The maximum atomic E-state index is 5.95. The van der Waals surface area contributed by atoms with E-state index >= 15 is 0 Å². The summed E-state index contributed by atoms with van der Waals surface area (Å²) < 4.78 is 0. The predicted octanol–water partition coefficient (Wildman–Crippen LogP) is 0.0217. The summed E-state index contributed by atoms with van der Waals surface area (Å²) in [4.78, 5) is 16.0. The van der Waals surface area contributed by atoms with Gasteiger partial charge in [-0.3, -0.25) is 4.90 Å². The van der Waals surface area contributed by atoms with Crippen LogP contribution in [0.5, 0.6) is 0 Å². The number of likely N-dealkylation sites (tertiary alicyclic amines) is 1. The van der Waals surface area contributed by atoms with Crippen LogP contribution in [0.3, 0.4) is 0 Å². The Morgan fingerprint density at radius 2 is 1.48 bits per heavy atom. The zero-order valence-electron chi connectivity index (χ0n) is 12.7. The van der Waals surface area contributed by atoms with E-state index in [1.807, 2.05) is 18.5 Å². The van der Waals surface area contributed by atoms with Crippen molar-refractivity contribution >= 4 is 5.95 Å². The summed E-state index contributed by atoms with van der Waals surface area (Å²) in [6.45, 7) is 8.92. The summed E-state index contributed by atoms with van der Waals surface area (Å²) >= 11 is 0. The molecule has 2 fully saturated rings. The lowest BCUT2D eigenvalue weighted by atomic mass is 10.1. The van der Waals surface area contributed by atoms with E-state index in [4.69, 9.17) is 5.73 Å². The molecule has 0 amide bonds. The van der Waals surface area contributed by atoms with E-state index in [-0.39, 0.29) is 0 Å². The number of piperazine rings is 1. The zero-order chi connectivity index (χ0) is 14.5. The number of hydrogen-bond donors (Lipinski definition) is 1. The van der Waals surface area contributed by atoms with Crippen LogP contribution in [0.2, 0.25) is 0 Å². The first kappa shape index (κ1) is 14.7. The molecule has 0 atom stereocenters. The van der Waals surface area contributed by atoms with E-state index in [1.54, 1.807) is 0 Å². The van der Waals surface area contributed by atoms with E-state index < -0.39 is 0 Å². The van der Waals surface area contributed by atoms with Gasteiger partial charge in [0.1, 0.15) is 0 Å². The molecule has 2 saturated heterocycles. The van der Waals surface area contributed by atoms with Gasteiger partial charge >= 0.3 is 0 Å². The lowest BCUT2D eigenvalue weighted by molar-refractivity contribution is 0.169. The average Bonchev–Trinajstić information content (AvgIpc) is 2.56. The Morgan fingerprint density at radius 1 is 0.905 bits per heavy atom. The van der Waals surface area contributed by atoms with Crippen molar-refractivity contribution in [2.45, 2.75) is 18.9 Å². The SMILES string of the molecule is NC1CCN(CCN2CCN(c3ncccn3)CC2)CC1. The average molecular weight is 290 g/mol. The Balaban J connectivity index is 1.38. The molecule has 0 aromatic carbocycles. The highest BCUT2D eigenvalue weighted by Gasteiger charge is 2.20. The van der Waals surface area contributed by atoms with E-state index in [1.165, 1.54) is 26.2 Å². The number of nitrogens with zero attached hydrogens (tertiary/aromatic N) is 5. The highest BCUT2D eigenvalue weighted by atomic mass is 15.3. The van der Waals surface area contributed by atoms with Gasteiger partial charge < -0.3 is 15.5 Å². The number of piperidine rings is 1. The van der Waals surface area contributed by atoms with Crippen molar-refractivity contribution in [3.05, 3.63) is 18.5 Å². The number of rotatable bonds is 4. The van der Waals surface area contributed by atoms with Crippen molar-refractivity contribution in [3.8, 4) is 0 Å². The largest absolute Gasteiger partial charge is 0.338 e. The van der Waals surface area contributed by atoms with Crippen molar-refractivity contribution < 1.29 is 0 Å². The topological polar surface area (TPSA) is 61.5 Å². The predicted molar refractivity (Wildman–Crippen MR) is 84.3 cm³/mol. The minimum atomic E-state index is 0.427. The van der Waals surface area contributed by atoms with Gasteiger partial charge in [0.2, 0.25) is 5.95 Å². The minimum absolute atomic E-state index is 0.427. The zero-order valence-corrected chi connectivity index (χ0v) is 12.7. The van der Waals surface area contributed by atoms with Gasteiger partial charge in [-0.05, 0) is 32.0 Å². The molecule has 6 nitrogen and oxygen atoms in total. The molecule has 3 rings (SSSR count). The molecule has 1 aromatic heterocycles. The van der Waals surface area contributed by atoms with E-state index in [0.29, 0.717) is 6.04 Å². The van der Waals surface area contributed by atoms with Crippen LogP contribution < -0.4 is 10.6 Å². The molecule has 0 unspecified atom stereocenters. The third kappa shape index (κ3) is 4.12. The van der Waals surface area contributed by atoms with Crippen LogP contribution in [0.1, 0.15) is 12.8 Å². The van der Waals surface area contributed by atoms with Crippen LogP contribution >= 0.6 is 0 Å². The molecular formula is C15H26N6. The smallest absolute Gasteiger partial charge is 0.225 e. The van der Waals surface area contributed by atoms with Crippen molar-refractivity contribution in [1.29, 1.82) is 0 Å². The van der Waals surface area contributed by atoms with Gasteiger partial charge in [0.25, 0.3) is 0 Å². The van der Waals surface area contributed by atoms with Crippen molar-refractivity contribution in [1.82, 2.24) is 19.8 Å². The van der Waals surface area contributed by atoms with Crippen molar-refractivity contribution in [2.24, 2.45) is 5.73 Å². The van der Waals surface area contributed by atoms with Crippen molar-refractivity contribution in [2.75, 3.05) is 57.3 Å². The molecule has 3 heterocycles. The summed E-state index contributed by atoms with van der Waals surface area (Å²) in [5.74, 6) is 0.863. The fourth-order valence-electron chi connectivity index (χ4n) is 3.09. The van der Waals surface area contributed by atoms with Gasteiger partial charge in [-0.25, -0.2) is 9.97 Å². The van der Waals surface area contributed by atoms with Crippen LogP contribution in [-0.2, 0) is 0 Å². The third-order valence-electron chi connectivity index (χ3n) is 4.57. The summed E-state index contributed by atoms with van der Waals surface area (Å²) in [6, 6.07) is 2.29. The molecule has 6 heteroatoms. The monoisotopic (exact) mass is 290 g/mol. The normalized spacial score (nSPS) is 22.6. The molecule has 2 aliphatic rings. The lowest BCUT2D eigenvalue weighted by Crippen LogP contribution is -2.50. The molecule has 21 heavy (non-hydrogen) atoms. The van der Waals surface area contributed by atoms with Gasteiger partial charge in [0.15, 0.2) is 0 Å². The summed E-state index contributed by atoms with van der Waals surface area (Å²) in [5, 5.41) is 0. The van der Waals surface area contributed by atoms with E-state index in [9.17, 15) is 0 Å². The molecule has 0 radical (unpaired) electrons. The van der Waals surface area contributed by atoms with Crippen LogP contribution in [-0.4, -0.2) is 78.2 Å². The second kappa shape index (κ2) is 7.15. The molecular weight excluding hydrogens is 264 g/mol. The summed E-state index contributed by atoms with van der Waals surface area (Å²) in [7, 11) is 0. The lowest BCUT2D eigenvalue weighted by Gasteiger charge is -2.36. The summed E-state index contributed by atoms with van der Waals surface area (Å²) in [5.41, 5.74) is 5.95. The van der Waals surface area contributed by atoms with Crippen LogP contribution in [0, 0.1) is 0 Å². The van der Waals surface area contributed by atoms with E-state index in [0.717, 1.165) is 45.0 Å². The number of aromatic nitrogens is 2.